The first-order chi connectivity index (χ1) is 11.9. The summed E-state index contributed by atoms with van der Waals surface area (Å²) in [6, 6.07) is 13.8. The molecule has 6 nitrogen and oxygen atoms in total. The maximum Gasteiger partial charge on any atom is 0.261 e. The number of rotatable bonds is 5. The molecule has 128 valence electrons. The van der Waals surface area contributed by atoms with Gasteiger partial charge in [0.05, 0.1) is 16.3 Å². The van der Waals surface area contributed by atoms with Gasteiger partial charge in [0.25, 0.3) is 10.0 Å². The predicted molar refractivity (Wildman–Crippen MR) is 98.5 cm³/mol. The number of hydrogen-bond donors (Lipinski definition) is 2. The number of aryl methyl sites for hydroxylation is 2. The number of hydrogen-bond acceptors (Lipinski definition) is 5. The Morgan fingerprint density at radius 2 is 1.48 bits per heavy atom. The number of nitrogens with zero attached hydrogens (tertiary/aromatic N) is 2. The molecule has 3 aromatic rings. The van der Waals surface area contributed by atoms with Crippen LogP contribution in [0.25, 0.3) is 0 Å². The highest BCUT2D eigenvalue weighted by Gasteiger charge is 2.16. The quantitative estimate of drug-likeness (QED) is 0.731. The fourth-order valence-electron chi connectivity index (χ4n) is 2.26. The molecule has 1 aromatic heterocycles. The van der Waals surface area contributed by atoms with Crippen molar-refractivity contribution in [1.29, 1.82) is 0 Å². The van der Waals surface area contributed by atoms with Crippen LogP contribution in [0.4, 0.5) is 17.3 Å². The van der Waals surface area contributed by atoms with Crippen LogP contribution in [-0.4, -0.2) is 18.4 Å². The standard InChI is InChI=1S/C18H18N4O2S/c1-13-4-7-15(8-5-13)25(23,24)22-16-9-6-14(2)12-17(16)21-18-19-10-3-11-20-18/h3-12,22H,1-2H3,(H,19,20,21). The topological polar surface area (TPSA) is 84.0 Å². The highest BCUT2D eigenvalue weighted by Crippen LogP contribution is 2.27. The first kappa shape index (κ1) is 16.9. The van der Waals surface area contributed by atoms with Gasteiger partial charge in [0, 0.05) is 12.4 Å². The molecule has 2 aromatic carbocycles. The monoisotopic (exact) mass is 354 g/mol. The number of aromatic nitrogens is 2. The van der Waals surface area contributed by atoms with Crippen molar-refractivity contribution < 1.29 is 8.42 Å². The van der Waals surface area contributed by atoms with E-state index in [0.717, 1.165) is 11.1 Å². The molecule has 0 unspecified atom stereocenters. The molecule has 0 spiro atoms. The Hall–Kier alpha value is -2.93. The average Bonchev–Trinajstić information content (AvgIpc) is 2.58. The van der Waals surface area contributed by atoms with Crippen LogP contribution in [0.15, 0.2) is 65.8 Å². The zero-order chi connectivity index (χ0) is 17.9. The van der Waals surface area contributed by atoms with Crippen LogP contribution in [0.2, 0.25) is 0 Å². The first-order valence-electron chi connectivity index (χ1n) is 7.68. The Morgan fingerprint density at radius 1 is 0.840 bits per heavy atom. The third-order valence-corrected chi connectivity index (χ3v) is 4.94. The molecule has 0 aliphatic heterocycles. The van der Waals surface area contributed by atoms with E-state index in [-0.39, 0.29) is 4.90 Å². The molecule has 0 fully saturated rings. The Balaban J connectivity index is 1.93. The molecule has 1 heterocycles. The molecule has 0 aliphatic carbocycles. The van der Waals surface area contributed by atoms with Crippen LogP contribution in [0.5, 0.6) is 0 Å². The summed E-state index contributed by atoms with van der Waals surface area (Å²) in [7, 11) is -3.69. The first-order valence-corrected chi connectivity index (χ1v) is 9.16. The Bertz CT molecular complexity index is 972. The van der Waals surface area contributed by atoms with Gasteiger partial charge in [0.2, 0.25) is 5.95 Å². The van der Waals surface area contributed by atoms with Gasteiger partial charge in [-0.25, -0.2) is 18.4 Å². The second kappa shape index (κ2) is 6.90. The molecule has 0 radical (unpaired) electrons. The van der Waals surface area contributed by atoms with Crippen LogP contribution in [-0.2, 0) is 10.0 Å². The van der Waals surface area contributed by atoms with Gasteiger partial charge in [-0.15, -0.1) is 0 Å². The molecular weight excluding hydrogens is 336 g/mol. The summed E-state index contributed by atoms with van der Waals surface area (Å²) in [6.45, 7) is 3.83. The minimum atomic E-state index is -3.69. The smallest absolute Gasteiger partial charge is 0.261 e. The van der Waals surface area contributed by atoms with E-state index >= 15 is 0 Å². The zero-order valence-electron chi connectivity index (χ0n) is 13.9. The van der Waals surface area contributed by atoms with Gasteiger partial charge >= 0.3 is 0 Å². The third-order valence-electron chi connectivity index (χ3n) is 3.56. The SMILES string of the molecule is Cc1ccc(S(=O)(=O)Nc2ccc(C)cc2Nc2ncccn2)cc1. The van der Waals surface area contributed by atoms with Crippen molar-refractivity contribution in [1.82, 2.24) is 9.97 Å². The fraction of sp³-hybridized carbons (Fsp3) is 0.111. The summed E-state index contributed by atoms with van der Waals surface area (Å²) < 4.78 is 27.9. The summed E-state index contributed by atoms with van der Waals surface area (Å²) in [5.74, 6) is 0.392. The van der Waals surface area contributed by atoms with Gasteiger partial charge in [0.15, 0.2) is 0 Å². The minimum Gasteiger partial charge on any atom is -0.322 e. The van der Waals surface area contributed by atoms with Gasteiger partial charge in [-0.1, -0.05) is 23.8 Å². The van der Waals surface area contributed by atoms with Crippen LogP contribution in [0.3, 0.4) is 0 Å². The molecule has 0 bridgehead atoms. The van der Waals surface area contributed by atoms with Gasteiger partial charge in [-0.2, -0.15) is 0 Å². The molecule has 0 atom stereocenters. The van der Waals surface area contributed by atoms with E-state index in [1.54, 1.807) is 48.8 Å². The van der Waals surface area contributed by atoms with E-state index in [1.165, 1.54) is 0 Å². The van der Waals surface area contributed by atoms with Gasteiger partial charge in [0.1, 0.15) is 0 Å². The Morgan fingerprint density at radius 3 is 2.16 bits per heavy atom. The summed E-state index contributed by atoms with van der Waals surface area (Å²) in [5, 5.41) is 3.05. The molecule has 0 saturated heterocycles. The lowest BCUT2D eigenvalue weighted by Gasteiger charge is -2.14. The van der Waals surface area contributed by atoms with E-state index in [0.29, 0.717) is 17.3 Å². The van der Waals surface area contributed by atoms with E-state index < -0.39 is 10.0 Å². The maximum atomic E-state index is 12.6. The van der Waals surface area contributed by atoms with E-state index in [4.69, 9.17) is 0 Å². The Kier molecular flexibility index (Phi) is 4.67. The zero-order valence-corrected chi connectivity index (χ0v) is 14.7. The highest BCUT2D eigenvalue weighted by molar-refractivity contribution is 7.92. The molecular formula is C18H18N4O2S. The van der Waals surface area contributed by atoms with E-state index in [2.05, 4.69) is 20.0 Å². The lowest BCUT2D eigenvalue weighted by Crippen LogP contribution is -2.14. The van der Waals surface area contributed by atoms with Crippen molar-refractivity contribution in [3.05, 3.63) is 72.1 Å². The number of anilines is 3. The van der Waals surface area contributed by atoms with Gasteiger partial charge in [-0.3, -0.25) is 4.72 Å². The number of nitrogens with one attached hydrogen (secondary N) is 2. The predicted octanol–water partition coefficient (Wildman–Crippen LogP) is 3.64. The largest absolute Gasteiger partial charge is 0.322 e. The van der Waals surface area contributed by atoms with Gasteiger partial charge < -0.3 is 5.32 Å². The van der Waals surface area contributed by atoms with Crippen LogP contribution in [0.1, 0.15) is 11.1 Å². The summed E-state index contributed by atoms with van der Waals surface area (Å²) in [5.41, 5.74) is 3.00. The van der Waals surface area contributed by atoms with Crippen molar-refractivity contribution >= 4 is 27.3 Å². The van der Waals surface area contributed by atoms with Crippen molar-refractivity contribution in [2.24, 2.45) is 0 Å². The van der Waals surface area contributed by atoms with Crippen LogP contribution in [0, 0.1) is 13.8 Å². The number of benzene rings is 2. The van der Waals surface area contributed by atoms with E-state index in [1.807, 2.05) is 26.0 Å². The maximum absolute atomic E-state index is 12.6. The molecule has 25 heavy (non-hydrogen) atoms. The van der Waals surface area contributed by atoms with Crippen LogP contribution >= 0.6 is 0 Å². The van der Waals surface area contributed by atoms with Crippen molar-refractivity contribution in [3.8, 4) is 0 Å². The van der Waals surface area contributed by atoms with Crippen LogP contribution < -0.4 is 10.0 Å². The average molecular weight is 354 g/mol. The second-order valence-electron chi connectivity index (χ2n) is 5.66. The highest BCUT2D eigenvalue weighted by atomic mass is 32.2. The van der Waals surface area contributed by atoms with Crippen molar-refractivity contribution in [2.45, 2.75) is 18.7 Å². The van der Waals surface area contributed by atoms with Crippen molar-refractivity contribution in [2.75, 3.05) is 10.0 Å². The lowest BCUT2D eigenvalue weighted by molar-refractivity contribution is 0.601. The summed E-state index contributed by atoms with van der Waals surface area (Å²) >= 11 is 0. The van der Waals surface area contributed by atoms with E-state index in [9.17, 15) is 8.42 Å². The molecule has 0 amide bonds. The molecule has 0 saturated carbocycles. The Labute approximate surface area is 147 Å². The summed E-state index contributed by atoms with van der Waals surface area (Å²) in [4.78, 5) is 8.43. The van der Waals surface area contributed by atoms with Crippen molar-refractivity contribution in [3.63, 3.8) is 0 Å². The fourth-order valence-corrected chi connectivity index (χ4v) is 3.34. The second-order valence-corrected chi connectivity index (χ2v) is 7.35. The number of sulfonamides is 1. The minimum absolute atomic E-state index is 0.209. The normalized spacial score (nSPS) is 11.1. The molecule has 7 heteroatoms. The molecule has 2 N–H and O–H groups in total. The van der Waals surface area contributed by atoms with Gasteiger partial charge in [-0.05, 0) is 49.7 Å². The molecule has 0 aliphatic rings. The summed E-state index contributed by atoms with van der Waals surface area (Å²) in [6.07, 6.45) is 3.22. The lowest BCUT2D eigenvalue weighted by atomic mass is 10.2. The molecule has 3 rings (SSSR count). The third kappa shape index (κ3) is 4.13.